The molecule has 1 aliphatic rings. The molecule has 0 saturated carbocycles. The average Bonchev–Trinajstić information content (AvgIpc) is 3.20. The van der Waals surface area contributed by atoms with Crippen molar-refractivity contribution in [3.63, 3.8) is 0 Å². The zero-order valence-electron chi connectivity index (χ0n) is 13.3. The number of aromatic nitrogens is 4. The van der Waals surface area contributed by atoms with Crippen LogP contribution in [-0.4, -0.2) is 19.9 Å². The number of hydrogen-bond acceptors (Lipinski definition) is 6. The Kier molecular flexibility index (Phi) is 3.57. The quantitative estimate of drug-likeness (QED) is 0.442. The molecule has 0 radical (unpaired) electrons. The van der Waals surface area contributed by atoms with E-state index in [4.69, 9.17) is 4.98 Å². The number of hydrogen-bond donors (Lipinski definition) is 1. The maximum absolute atomic E-state index is 12.5. The molecule has 1 aromatic carbocycles. The second kappa shape index (κ2) is 5.93. The maximum atomic E-state index is 12.5. The third kappa shape index (κ3) is 2.54. The molecule has 4 aromatic rings. The van der Waals surface area contributed by atoms with Crippen LogP contribution in [0.5, 0.6) is 0 Å². The van der Waals surface area contributed by atoms with Crippen LogP contribution in [-0.2, 0) is 18.6 Å². The smallest absolute Gasteiger partial charge is 0.259 e. The SMILES string of the molecule is O=c1[nH]c(CSc2ncnc3ccccc23)nc2sc3c(c12)CCC3. The van der Waals surface area contributed by atoms with E-state index in [1.165, 1.54) is 10.4 Å². The molecule has 5 rings (SSSR count). The molecule has 0 amide bonds. The number of aromatic amines is 1. The minimum Gasteiger partial charge on any atom is -0.309 e. The molecule has 7 heteroatoms. The van der Waals surface area contributed by atoms with E-state index in [2.05, 4.69) is 15.0 Å². The van der Waals surface area contributed by atoms with E-state index in [9.17, 15) is 4.79 Å². The molecule has 0 unspecified atom stereocenters. The summed E-state index contributed by atoms with van der Waals surface area (Å²) in [5.41, 5.74) is 2.13. The van der Waals surface area contributed by atoms with Crippen LogP contribution in [0.15, 0.2) is 40.4 Å². The van der Waals surface area contributed by atoms with Crippen molar-refractivity contribution in [2.75, 3.05) is 0 Å². The summed E-state index contributed by atoms with van der Waals surface area (Å²) in [5.74, 6) is 1.28. The van der Waals surface area contributed by atoms with Gasteiger partial charge in [-0.3, -0.25) is 4.79 Å². The topological polar surface area (TPSA) is 71.5 Å². The summed E-state index contributed by atoms with van der Waals surface area (Å²) >= 11 is 3.24. The van der Waals surface area contributed by atoms with Crippen LogP contribution in [0.3, 0.4) is 0 Å². The van der Waals surface area contributed by atoms with E-state index in [-0.39, 0.29) is 5.56 Å². The summed E-state index contributed by atoms with van der Waals surface area (Å²) in [5, 5.41) is 2.73. The van der Waals surface area contributed by atoms with Crippen molar-refractivity contribution in [1.82, 2.24) is 19.9 Å². The Morgan fingerprint density at radius 1 is 1.20 bits per heavy atom. The van der Waals surface area contributed by atoms with Crippen LogP contribution < -0.4 is 5.56 Å². The highest BCUT2D eigenvalue weighted by Gasteiger charge is 2.21. The number of aryl methyl sites for hydroxylation is 2. The largest absolute Gasteiger partial charge is 0.309 e. The Bertz CT molecular complexity index is 1160. The van der Waals surface area contributed by atoms with Crippen LogP contribution in [0.25, 0.3) is 21.1 Å². The third-order valence-corrected chi connectivity index (χ3v) is 6.68. The monoisotopic (exact) mass is 366 g/mol. The van der Waals surface area contributed by atoms with Gasteiger partial charge in [0.25, 0.3) is 5.56 Å². The van der Waals surface area contributed by atoms with E-state index in [1.54, 1.807) is 29.4 Å². The molecule has 3 aromatic heterocycles. The number of nitrogens with one attached hydrogen (secondary N) is 1. The molecule has 0 spiro atoms. The van der Waals surface area contributed by atoms with E-state index in [0.29, 0.717) is 11.6 Å². The zero-order chi connectivity index (χ0) is 16.8. The molecule has 1 N–H and O–H groups in total. The standard InChI is InChI=1S/C18H14N4OS2/c23-16-15-11-5-3-7-13(11)25-18(15)22-14(21-16)8-24-17-10-4-1-2-6-12(10)19-9-20-17/h1-2,4,6,9H,3,5,7-8H2,(H,21,22,23). The first-order valence-corrected chi connectivity index (χ1v) is 9.96. The van der Waals surface area contributed by atoms with Crippen molar-refractivity contribution in [2.45, 2.75) is 30.0 Å². The number of nitrogens with zero attached hydrogens (tertiary/aromatic N) is 3. The predicted molar refractivity (Wildman–Crippen MR) is 101 cm³/mol. The molecular formula is C18H14N4OS2. The summed E-state index contributed by atoms with van der Waals surface area (Å²) in [4.78, 5) is 31.0. The molecule has 1 aliphatic carbocycles. The lowest BCUT2D eigenvalue weighted by Gasteiger charge is -2.04. The highest BCUT2D eigenvalue weighted by atomic mass is 32.2. The van der Waals surface area contributed by atoms with Crippen LogP contribution in [0.2, 0.25) is 0 Å². The van der Waals surface area contributed by atoms with Crippen molar-refractivity contribution >= 4 is 44.2 Å². The number of H-pyrrole nitrogens is 1. The Hall–Kier alpha value is -2.25. The van der Waals surface area contributed by atoms with E-state index < -0.39 is 0 Å². The van der Waals surface area contributed by atoms with Gasteiger partial charge in [-0.2, -0.15) is 0 Å². The molecule has 0 atom stereocenters. The third-order valence-electron chi connectivity index (χ3n) is 4.48. The second-order valence-electron chi connectivity index (χ2n) is 6.03. The minimum atomic E-state index is -0.00690. The number of thioether (sulfide) groups is 1. The lowest BCUT2D eigenvalue weighted by atomic mass is 10.2. The van der Waals surface area contributed by atoms with E-state index >= 15 is 0 Å². The highest BCUT2D eigenvalue weighted by Crippen LogP contribution is 2.35. The Labute approximate surface area is 151 Å². The van der Waals surface area contributed by atoms with Crippen molar-refractivity contribution in [3.8, 4) is 0 Å². The maximum Gasteiger partial charge on any atom is 0.259 e. The fourth-order valence-corrected chi connectivity index (χ4v) is 5.49. The number of rotatable bonds is 3. The fourth-order valence-electron chi connectivity index (χ4n) is 3.35. The number of fused-ring (bicyclic) bond motifs is 4. The first-order valence-electron chi connectivity index (χ1n) is 8.15. The summed E-state index contributed by atoms with van der Waals surface area (Å²) in [6, 6.07) is 7.93. The van der Waals surface area contributed by atoms with Crippen LogP contribution >= 0.6 is 23.1 Å². The Morgan fingerprint density at radius 3 is 3.08 bits per heavy atom. The number of thiophene rings is 1. The Balaban J connectivity index is 1.49. The van der Waals surface area contributed by atoms with Crippen LogP contribution in [0, 0.1) is 0 Å². The molecule has 0 saturated heterocycles. The average molecular weight is 366 g/mol. The normalized spacial score (nSPS) is 13.6. The predicted octanol–water partition coefficient (Wildman–Crippen LogP) is 3.71. The summed E-state index contributed by atoms with van der Waals surface area (Å²) < 4.78 is 0. The van der Waals surface area contributed by atoms with Gasteiger partial charge in [0.15, 0.2) is 0 Å². The van der Waals surface area contributed by atoms with E-state index in [1.807, 2.05) is 24.3 Å². The van der Waals surface area contributed by atoms with Gasteiger partial charge in [-0.25, -0.2) is 15.0 Å². The highest BCUT2D eigenvalue weighted by molar-refractivity contribution is 7.98. The molecule has 124 valence electrons. The second-order valence-corrected chi connectivity index (χ2v) is 8.08. The van der Waals surface area contributed by atoms with Gasteiger partial charge in [0.1, 0.15) is 22.0 Å². The molecule has 3 heterocycles. The first-order chi connectivity index (χ1) is 12.3. The fraction of sp³-hybridized carbons (Fsp3) is 0.222. The number of para-hydroxylation sites is 1. The van der Waals surface area contributed by atoms with Gasteiger partial charge in [0.2, 0.25) is 0 Å². The van der Waals surface area contributed by atoms with Gasteiger partial charge < -0.3 is 4.98 Å². The minimum absolute atomic E-state index is 0.00690. The molecule has 0 fully saturated rings. The van der Waals surface area contributed by atoms with Crippen LogP contribution in [0.4, 0.5) is 0 Å². The van der Waals surface area contributed by atoms with Gasteiger partial charge >= 0.3 is 0 Å². The van der Waals surface area contributed by atoms with Gasteiger partial charge in [-0.05, 0) is 30.9 Å². The summed E-state index contributed by atoms with van der Waals surface area (Å²) in [7, 11) is 0. The van der Waals surface area contributed by atoms with Gasteiger partial charge in [-0.1, -0.05) is 30.0 Å². The molecule has 25 heavy (non-hydrogen) atoms. The number of benzene rings is 1. The summed E-state index contributed by atoms with van der Waals surface area (Å²) in [6.45, 7) is 0. The van der Waals surface area contributed by atoms with Gasteiger partial charge in [0.05, 0.1) is 16.7 Å². The van der Waals surface area contributed by atoms with Crippen molar-refractivity contribution in [1.29, 1.82) is 0 Å². The summed E-state index contributed by atoms with van der Waals surface area (Å²) in [6.07, 6.45) is 4.80. The lowest BCUT2D eigenvalue weighted by molar-refractivity contribution is 0.916. The van der Waals surface area contributed by atoms with Gasteiger partial charge in [-0.15, -0.1) is 11.3 Å². The zero-order valence-corrected chi connectivity index (χ0v) is 14.9. The van der Waals surface area contributed by atoms with E-state index in [0.717, 1.165) is 45.4 Å². The van der Waals surface area contributed by atoms with Crippen molar-refractivity contribution in [2.24, 2.45) is 0 Å². The van der Waals surface area contributed by atoms with Crippen molar-refractivity contribution < 1.29 is 0 Å². The molecule has 0 aliphatic heterocycles. The molecule has 0 bridgehead atoms. The van der Waals surface area contributed by atoms with Crippen molar-refractivity contribution in [3.05, 3.63) is 57.2 Å². The molecule has 5 nitrogen and oxygen atoms in total. The Morgan fingerprint density at radius 2 is 2.12 bits per heavy atom. The first kappa shape index (κ1) is 15.0. The van der Waals surface area contributed by atoms with Crippen LogP contribution in [0.1, 0.15) is 22.7 Å². The van der Waals surface area contributed by atoms with Gasteiger partial charge in [0, 0.05) is 10.3 Å². The lowest BCUT2D eigenvalue weighted by Crippen LogP contribution is -2.11. The molecular weight excluding hydrogens is 352 g/mol.